The number of esters is 1. The van der Waals surface area contributed by atoms with Crippen molar-refractivity contribution < 1.29 is 28.9 Å². The van der Waals surface area contributed by atoms with Gasteiger partial charge in [-0.1, -0.05) is 53.8 Å². The topological polar surface area (TPSA) is 165 Å². The Bertz CT molecular complexity index is 2000. The van der Waals surface area contributed by atoms with E-state index in [0.29, 0.717) is 21.6 Å². The fourth-order valence-corrected chi connectivity index (χ4v) is 5.70. The van der Waals surface area contributed by atoms with Crippen LogP contribution in [0.5, 0.6) is 17.2 Å². The van der Waals surface area contributed by atoms with E-state index >= 15 is 0 Å². The van der Waals surface area contributed by atoms with Gasteiger partial charge in [0.15, 0.2) is 16.3 Å². The Morgan fingerprint density at radius 1 is 1.00 bits per heavy atom. The van der Waals surface area contributed by atoms with Crippen molar-refractivity contribution in [3.8, 4) is 17.2 Å². The second-order valence-corrected chi connectivity index (χ2v) is 10.1. The minimum atomic E-state index is -0.796. The Morgan fingerprint density at radius 2 is 1.74 bits per heavy atom. The summed E-state index contributed by atoms with van der Waals surface area (Å²) < 4.78 is 18.0. The van der Waals surface area contributed by atoms with E-state index < -0.39 is 38.8 Å². The number of nitro benzene ring substituents is 2. The van der Waals surface area contributed by atoms with Crippen LogP contribution in [0, 0.1) is 20.2 Å². The molecule has 0 amide bonds. The summed E-state index contributed by atoms with van der Waals surface area (Å²) >= 11 is 1.08. The number of aromatic nitrogens is 1. The quantitative estimate of drug-likeness (QED) is 0.164. The van der Waals surface area contributed by atoms with Gasteiger partial charge in [-0.15, -0.1) is 0 Å². The van der Waals surface area contributed by atoms with E-state index in [-0.39, 0.29) is 27.4 Å². The van der Waals surface area contributed by atoms with Crippen LogP contribution in [-0.2, 0) is 9.53 Å². The number of fused-ring (bicyclic) bond motifs is 1. The van der Waals surface area contributed by atoms with Gasteiger partial charge in [0.1, 0.15) is 0 Å². The van der Waals surface area contributed by atoms with Gasteiger partial charge in [0.2, 0.25) is 5.75 Å². The molecule has 0 radical (unpaired) electrons. The van der Waals surface area contributed by atoms with Crippen LogP contribution in [-0.4, -0.2) is 34.6 Å². The fraction of sp³-hybridized carbons (Fsp3) is 0.138. The van der Waals surface area contributed by atoms with E-state index in [1.54, 1.807) is 49.4 Å². The first-order chi connectivity index (χ1) is 20.6. The van der Waals surface area contributed by atoms with Gasteiger partial charge in [0.05, 0.1) is 52.0 Å². The number of thiazole rings is 1. The van der Waals surface area contributed by atoms with Gasteiger partial charge in [-0.2, -0.15) is 0 Å². The molecular formula is C29H22N4O9S. The summed E-state index contributed by atoms with van der Waals surface area (Å²) in [6, 6.07) is 16.1. The fourth-order valence-electron chi connectivity index (χ4n) is 4.66. The SMILES string of the molecule is COC(=O)C1=C(C)N=c2sc(=Cc3cccc(OC)c3Oc3ccc([N+](=O)[O-])cc3[N+](=O)[O-])c(=O)n2C1c1ccccc1. The molecule has 0 bridgehead atoms. The normalized spacial score (nSPS) is 14.5. The van der Waals surface area contributed by atoms with Gasteiger partial charge >= 0.3 is 11.7 Å². The molecule has 5 rings (SSSR count). The van der Waals surface area contributed by atoms with E-state index in [1.807, 2.05) is 6.07 Å². The number of ether oxygens (including phenoxy) is 3. The molecule has 0 spiro atoms. The number of nitro groups is 2. The van der Waals surface area contributed by atoms with Crippen molar-refractivity contribution >= 4 is 34.8 Å². The molecule has 4 aromatic rings. The molecular weight excluding hydrogens is 580 g/mol. The number of benzene rings is 3. The zero-order valence-electron chi connectivity index (χ0n) is 22.9. The summed E-state index contributed by atoms with van der Waals surface area (Å²) in [6.07, 6.45) is 1.53. The molecule has 1 aromatic heterocycles. The second kappa shape index (κ2) is 11.7. The van der Waals surface area contributed by atoms with Crippen LogP contribution < -0.4 is 24.4 Å². The zero-order chi connectivity index (χ0) is 30.8. The van der Waals surface area contributed by atoms with E-state index in [9.17, 15) is 29.8 Å². The van der Waals surface area contributed by atoms with Crippen molar-refractivity contribution in [3.63, 3.8) is 0 Å². The molecule has 2 heterocycles. The first kappa shape index (κ1) is 28.9. The largest absolute Gasteiger partial charge is 0.493 e. The number of hydrogen-bond acceptors (Lipinski definition) is 11. The second-order valence-electron chi connectivity index (χ2n) is 9.13. The molecule has 0 N–H and O–H groups in total. The van der Waals surface area contributed by atoms with E-state index in [0.717, 1.165) is 29.5 Å². The van der Waals surface area contributed by atoms with Crippen molar-refractivity contribution in [1.82, 2.24) is 4.57 Å². The number of carbonyl (C=O) groups excluding carboxylic acids is 1. The molecule has 0 fully saturated rings. The lowest BCUT2D eigenvalue weighted by Gasteiger charge is -2.24. The average Bonchev–Trinajstić information content (AvgIpc) is 3.30. The maximum Gasteiger partial charge on any atom is 0.338 e. The van der Waals surface area contributed by atoms with Crippen molar-refractivity contribution in [2.24, 2.45) is 4.99 Å². The monoisotopic (exact) mass is 602 g/mol. The van der Waals surface area contributed by atoms with Crippen molar-refractivity contribution in [1.29, 1.82) is 0 Å². The number of nitrogens with zero attached hydrogens (tertiary/aromatic N) is 4. The van der Waals surface area contributed by atoms with Crippen LogP contribution >= 0.6 is 11.3 Å². The molecule has 3 aromatic carbocycles. The maximum atomic E-state index is 13.9. The van der Waals surface area contributed by atoms with Gasteiger partial charge in [0.25, 0.3) is 11.2 Å². The molecule has 1 atom stereocenters. The third-order valence-electron chi connectivity index (χ3n) is 6.62. The standard InChI is InChI=1S/C29H22N4O9S/c1-16-24(28(35)41-3)25(17-8-5-4-6-9-17)31-27(34)23(43-29(31)30-16)14-18-10-7-11-22(40-2)26(18)42-21-13-12-19(32(36)37)15-20(21)33(38)39/h4-15,25H,1-3H3. The molecule has 0 saturated carbocycles. The van der Waals surface area contributed by atoms with Crippen LogP contribution in [0.4, 0.5) is 11.4 Å². The molecule has 218 valence electrons. The van der Waals surface area contributed by atoms with Crippen LogP contribution in [0.1, 0.15) is 24.1 Å². The summed E-state index contributed by atoms with van der Waals surface area (Å²) in [7, 11) is 2.64. The third kappa shape index (κ3) is 5.38. The van der Waals surface area contributed by atoms with Gasteiger partial charge in [-0.3, -0.25) is 29.6 Å². The smallest absolute Gasteiger partial charge is 0.338 e. The molecule has 0 saturated heterocycles. The summed E-state index contributed by atoms with van der Waals surface area (Å²) in [6.45, 7) is 1.67. The highest BCUT2D eigenvalue weighted by Crippen LogP contribution is 2.40. The van der Waals surface area contributed by atoms with Crippen LogP contribution in [0.25, 0.3) is 6.08 Å². The summed E-state index contributed by atoms with van der Waals surface area (Å²) in [5.41, 5.74) is 0.0989. The molecule has 1 aliphatic rings. The van der Waals surface area contributed by atoms with E-state index in [2.05, 4.69) is 4.99 Å². The summed E-state index contributed by atoms with van der Waals surface area (Å²) in [5.74, 6) is -0.643. The lowest BCUT2D eigenvalue weighted by molar-refractivity contribution is -0.394. The minimum Gasteiger partial charge on any atom is -0.493 e. The predicted octanol–water partition coefficient (Wildman–Crippen LogP) is 4.03. The molecule has 0 aliphatic carbocycles. The Labute approximate surface area is 246 Å². The van der Waals surface area contributed by atoms with Gasteiger partial charge in [0, 0.05) is 11.6 Å². The number of carbonyl (C=O) groups is 1. The first-order valence-electron chi connectivity index (χ1n) is 12.6. The molecule has 1 unspecified atom stereocenters. The molecule has 14 heteroatoms. The third-order valence-corrected chi connectivity index (χ3v) is 7.60. The molecule has 43 heavy (non-hydrogen) atoms. The van der Waals surface area contributed by atoms with Gasteiger partial charge < -0.3 is 14.2 Å². The molecule has 13 nitrogen and oxygen atoms in total. The highest BCUT2D eigenvalue weighted by molar-refractivity contribution is 7.07. The highest BCUT2D eigenvalue weighted by atomic mass is 32.1. The number of allylic oxidation sites excluding steroid dienone is 1. The number of rotatable bonds is 8. The Morgan fingerprint density at radius 3 is 2.40 bits per heavy atom. The van der Waals surface area contributed by atoms with Crippen molar-refractivity contribution in [2.75, 3.05) is 14.2 Å². The number of methoxy groups -OCH3 is 2. The van der Waals surface area contributed by atoms with Gasteiger partial charge in [-0.05, 0) is 30.7 Å². The predicted molar refractivity (Wildman–Crippen MR) is 155 cm³/mol. The number of hydrogen-bond donors (Lipinski definition) is 0. The minimum absolute atomic E-state index is 0.0406. The molecule has 1 aliphatic heterocycles. The van der Waals surface area contributed by atoms with Crippen LogP contribution in [0.3, 0.4) is 0 Å². The first-order valence-corrected chi connectivity index (χ1v) is 13.4. The zero-order valence-corrected chi connectivity index (χ0v) is 23.7. The highest BCUT2D eigenvalue weighted by Gasteiger charge is 2.33. The van der Waals surface area contributed by atoms with Crippen LogP contribution in [0.2, 0.25) is 0 Å². The Hall–Kier alpha value is -5.63. The summed E-state index contributed by atoms with van der Waals surface area (Å²) in [4.78, 5) is 53.0. The average molecular weight is 603 g/mol. The number of non-ortho nitro benzene ring substituents is 1. The number of para-hydroxylation sites is 1. The van der Waals surface area contributed by atoms with E-state index in [4.69, 9.17) is 14.2 Å². The lowest BCUT2D eigenvalue weighted by atomic mass is 9.96. The Balaban J connectivity index is 1.69. The van der Waals surface area contributed by atoms with E-state index in [1.165, 1.54) is 24.9 Å². The maximum absolute atomic E-state index is 13.9. The van der Waals surface area contributed by atoms with Crippen LogP contribution in [0.15, 0.2) is 87.8 Å². The lowest BCUT2D eigenvalue weighted by Crippen LogP contribution is -2.39. The Kier molecular flexibility index (Phi) is 7.86. The van der Waals surface area contributed by atoms with Crippen molar-refractivity contribution in [3.05, 3.63) is 129 Å². The van der Waals surface area contributed by atoms with Crippen molar-refractivity contribution in [2.45, 2.75) is 13.0 Å². The summed E-state index contributed by atoms with van der Waals surface area (Å²) in [5, 5.41) is 22.9. The van der Waals surface area contributed by atoms with Gasteiger partial charge in [-0.25, -0.2) is 9.79 Å².